The molecule has 0 unspecified atom stereocenters. The van der Waals surface area contributed by atoms with E-state index in [1.807, 2.05) is 18.2 Å². The van der Waals surface area contributed by atoms with Gasteiger partial charge in [-0.2, -0.15) is 0 Å². The van der Waals surface area contributed by atoms with Crippen molar-refractivity contribution in [3.05, 3.63) is 53.5 Å². The van der Waals surface area contributed by atoms with E-state index in [2.05, 4.69) is 18.3 Å². The van der Waals surface area contributed by atoms with E-state index in [1.165, 1.54) is 24.5 Å². The molecule has 1 fully saturated rings. The number of rotatable bonds is 6. The summed E-state index contributed by atoms with van der Waals surface area (Å²) in [5.41, 5.74) is 1.81. The van der Waals surface area contributed by atoms with E-state index in [0.717, 1.165) is 18.7 Å². The smallest absolute Gasteiger partial charge is 0.137 e. The molecule has 1 aliphatic carbocycles. The average molecular weight is 285 g/mol. The lowest BCUT2D eigenvalue weighted by molar-refractivity contribution is 0.560. The zero-order valence-electron chi connectivity index (χ0n) is 12.2. The highest BCUT2D eigenvalue weighted by Crippen LogP contribution is 2.26. The Kier molecular flexibility index (Phi) is 4.20. The van der Waals surface area contributed by atoms with Gasteiger partial charge in [0.2, 0.25) is 0 Å². The zero-order chi connectivity index (χ0) is 14.7. The molecule has 110 valence electrons. The lowest BCUT2D eigenvalue weighted by Gasteiger charge is -2.05. The maximum atomic E-state index is 13.7. The van der Waals surface area contributed by atoms with Crippen molar-refractivity contribution in [3.63, 3.8) is 0 Å². The third-order valence-electron chi connectivity index (χ3n) is 3.76. The van der Waals surface area contributed by atoms with Crippen LogP contribution in [-0.2, 0) is 0 Å². The normalized spacial score (nSPS) is 15.4. The van der Waals surface area contributed by atoms with Crippen LogP contribution in [0.4, 0.5) is 4.39 Å². The van der Waals surface area contributed by atoms with Crippen LogP contribution in [0.15, 0.2) is 46.4 Å². The summed E-state index contributed by atoms with van der Waals surface area (Å²) in [6, 6.07) is 11.1. The second-order valence-corrected chi connectivity index (χ2v) is 5.49. The van der Waals surface area contributed by atoms with Gasteiger partial charge in [-0.15, -0.1) is 0 Å². The molecule has 1 aromatic heterocycles. The predicted octanol–water partition coefficient (Wildman–Crippen LogP) is 4.63. The maximum Gasteiger partial charge on any atom is 0.137 e. The first-order chi connectivity index (χ1) is 10.3. The third kappa shape index (κ3) is 3.61. The monoisotopic (exact) mass is 285 g/mol. The molecule has 1 saturated carbocycles. The summed E-state index contributed by atoms with van der Waals surface area (Å²) < 4.78 is 19.5. The van der Waals surface area contributed by atoms with Gasteiger partial charge in [0.25, 0.3) is 0 Å². The van der Waals surface area contributed by atoms with Crippen LogP contribution in [-0.4, -0.2) is 12.6 Å². The molecule has 0 amide bonds. The quantitative estimate of drug-likeness (QED) is 0.837. The van der Waals surface area contributed by atoms with E-state index in [-0.39, 0.29) is 5.82 Å². The second kappa shape index (κ2) is 6.27. The molecule has 0 saturated heterocycles. The van der Waals surface area contributed by atoms with E-state index in [0.29, 0.717) is 17.4 Å². The van der Waals surface area contributed by atoms with Gasteiger partial charge in [-0.25, -0.2) is 4.39 Å². The fraction of sp³-hybridized carbons (Fsp3) is 0.333. The van der Waals surface area contributed by atoms with E-state index < -0.39 is 0 Å². The molecule has 1 aliphatic rings. The number of furan rings is 1. The molecule has 3 heteroatoms. The lowest BCUT2D eigenvalue weighted by atomic mass is 10.1. The standard InChI is InChI=1S/C18H20FNO/c1-2-13(12-20-14-7-8-14)11-15-9-10-18(21-15)16-5-3-4-6-17(16)19/h3-6,9-11,14,20H,2,7-8,12H2,1H3. The van der Waals surface area contributed by atoms with Gasteiger partial charge >= 0.3 is 0 Å². The summed E-state index contributed by atoms with van der Waals surface area (Å²) in [5.74, 6) is 1.10. The minimum Gasteiger partial charge on any atom is -0.457 e. The molecule has 2 nitrogen and oxygen atoms in total. The highest BCUT2D eigenvalue weighted by atomic mass is 19.1. The van der Waals surface area contributed by atoms with Gasteiger partial charge in [-0.3, -0.25) is 0 Å². The minimum atomic E-state index is -0.256. The van der Waals surface area contributed by atoms with Crippen LogP contribution < -0.4 is 5.32 Å². The first kappa shape index (κ1) is 14.1. The Balaban J connectivity index is 1.75. The Hall–Kier alpha value is -1.87. The van der Waals surface area contributed by atoms with Crippen molar-refractivity contribution in [1.29, 1.82) is 0 Å². The summed E-state index contributed by atoms with van der Waals surface area (Å²) in [5, 5.41) is 3.51. The number of nitrogens with one attached hydrogen (secondary N) is 1. The summed E-state index contributed by atoms with van der Waals surface area (Å²) in [6.07, 6.45) is 5.61. The summed E-state index contributed by atoms with van der Waals surface area (Å²) in [6.45, 7) is 3.04. The SMILES string of the molecule is CCC(=Cc1ccc(-c2ccccc2F)o1)CNC1CC1. The first-order valence-electron chi connectivity index (χ1n) is 7.54. The van der Waals surface area contributed by atoms with Gasteiger partial charge in [-0.05, 0) is 49.6 Å². The Labute approximate surface area is 124 Å². The zero-order valence-corrected chi connectivity index (χ0v) is 12.2. The molecule has 0 radical (unpaired) electrons. The van der Waals surface area contributed by atoms with Crippen LogP contribution in [0.1, 0.15) is 31.9 Å². The number of hydrogen-bond donors (Lipinski definition) is 1. The molecular weight excluding hydrogens is 265 g/mol. The Bertz CT molecular complexity index is 640. The van der Waals surface area contributed by atoms with Crippen molar-refractivity contribution >= 4 is 6.08 Å². The van der Waals surface area contributed by atoms with Gasteiger partial charge in [0.1, 0.15) is 17.3 Å². The Morgan fingerprint density at radius 1 is 1.29 bits per heavy atom. The van der Waals surface area contributed by atoms with Gasteiger partial charge in [0, 0.05) is 12.6 Å². The van der Waals surface area contributed by atoms with Gasteiger partial charge in [0.05, 0.1) is 5.56 Å². The molecule has 2 aromatic rings. The fourth-order valence-electron chi connectivity index (χ4n) is 2.28. The fourth-order valence-corrected chi connectivity index (χ4v) is 2.28. The molecular formula is C18H20FNO. The topological polar surface area (TPSA) is 25.2 Å². The molecule has 0 bridgehead atoms. The maximum absolute atomic E-state index is 13.7. The van der Waals surface area contributed by atoms with Crippen LogP contribution in [0.3, 0.4) is 0 Å². The van der Waals surface area contributed by atoms with Crippen molar-refractivity contribution in [2.45, 2.75) is 32.2 Å². The molecule has 1 N–H and O–H groups in total. The Morgan fingerprint density at radius 3 is 2.81 bits per heavy atom. The van der Waals surface area contributed by atoms with E-state index in [1.54, 1.807) is 12.1 Å². The van der Waals surface area contributed by atoms with Crippen molar-refractivity contribution in [3.8, 4) is 11.3 Å². The number of benzene rings is 1. The van der Waals surface area contributed by atoms with E-state index in [4.69, 9.17) is 4.42 Å². The van der Waals surface area contributed by atoms with Crippen LogP contribution in [0.2, 0.25) is 0 Å². The summed E-state index contributed by atoms with van der Waals surface area (Å²) >= 11 is 0. The Morgan fingerprint density at radius 2 is 2.10 bits per heavy atom. The van der Waals surface area contributed by atoms with E-state index >= 15 is 0 Å². The van der Waals surface area contributed by atoms with Crippen LogP contribution in [0.25, 0.3) is 17.4 Å². The molecule has 0 aliphatic heterocycles. The van der Waals surface area contributed by atoms with Crippen molar-refractivity contribution < 1.29 is 8.81 Å². The highest BCUT2D eigenvalue weighted by Gasteiger charge is 2.20. The summed E-state index contributed by atoms with van der Waals surface area (Å²) in [4.78, 5) is 0. The predicted molar refractivity (Wildman–Crippen MR) is 83.4 cm³/mol. The van der Waals surface area contributed by atoms with Gasteiger partial charge in [-0.1, -0.05) is 24.6 Å². The van der Waals surface area contributed by atoms with E-state index in [9.17, 15) is 4.39 Å². The highest BCUT2D eigenvalue weighted by molar-refractivity contribution is 5.61. The van der Waals surface area contributed by atoms with Crippen molar-refractivity contribution in [1.82, 2.24) is 5.32 Å². The number of hydrogen-bond acceptors (Lipinski definition) is 2. The minimum absolute atomic E-state index is 0.256. The molecule has 3 rings (SSSR count). The van der Waals surface area contributed by atoms with Crippen LogP contribution in [0, 0.1) is 5.82 Å². The molecule has 1 heterocycles. The first-order valence-corrected chi connectivity index (χ1v) is 7.54. The number of halogens is 1. The average Bonchev–Trinajstić information content (AvgIpc) is 3.22. The molecule has 0 spiro atoms. The molecule has 1 aromatic carbocycles. The third-order valence-corrected chi connectivity index (χ3v) is 3.76. The second-order valence-electron chi connectivity index (χ2n) is 5.49. The summed E-state index contributed by atoms with van der Waals surface area (Å²) in [7, 11) is 0. The van der Waals surface area contributed by atoms with Gasteiger partial charge < -0.3 is 9.73 Å². The van der Waals surface area contributed by atoms with Crippen molar-refractivity contribution in [2.24, 2.45) is 0 Å². The molecule has 0 atom stereocenters. The van der Waals surface area contributed by atoms with Crippen molar-refractivity contribution in [2.75, 3.05) is 6.54 Å². The molecule has 21 heavy (non-hydrogen) atoms. The lowest BCUT2D eigenvalue weighted by Crippen LogP contribution is -2.18. The van der Waals surface area contributed by atoms with Crippen LogP contribution in [0.5, 0.6) is 0 Å². The largest absolute Gasteiger partial charge is 0.457 e. The van der Waals surface area contributed by atoms with Gasteiger partial charge in [0.15, 0.2) is 0 Å². The van der Waals surface area contributed by atoms with Crippen LogP contribution >= 0.6 is 0 Å².